The summed E-state index contributed by atoms with van der Waals surface area (Å²) in [5.41, 5.74) is 1.67. The van der Waals surface area contributed by atoms with Crippen LogP contribution in [0.25, 0.3) is 6.08 Å². The van der Waals surface area contributed by atoms with Gasteiger partial charge < -0.3 is 10.1 Å². The monoisotopic (exact) mass is 357 g/mol. The minimum atomic E-state index is -0.0158. The molecule has 96 valence electrons. The van der Waals surface area contributed by atoms with Crippen molar-refractivity contribution in [1.29, 1.82) is 0 Å². The van der Waals surface area contributed by atoms with Crippen molar-refractivity contribution >= 4 is 34.6 Å². The third-order valence-electron chi connectivity index (χ3n) is 2.77. The van der Waals surface area contributed by atoms with Crippen molar-refractivity contribution in [2.45, 2.75) is 12.8 Å². The van der Waals surface area contributed by atoms with Gasteiger partial charge in [-0.25, -0.2) is 0 Å². The molecule has 3 nitrogen and oxygen atoms in total. The number of carbonyl (C=O) groups is 1. The van der Waals surface area contributed by atoms with E-state index in [0.717, 1.165) is 35.1 Å². The molecule has 0 atom stereocenters. The number of benzene rings is 1. The molecule has 0 spiro atoms. The highest BCUT2D eigenvalue weighted by Crippen LogP contribution is 2.25. The number of hydrogen-bond donors (Lipinski definition) is 1. The molecule has 0 unspecified atom stereocenters. The number of amides is 1. The fraction of sp³-hybridized carbons (Fsp3) is 0.357. The fourth-order valence-corrected chi connectivity index (χ4v) is 2.32. The molecule has 1 aromatic carbocycles. The highest BCUT2D eigenvalue weighted by Gasteiger charge is 2.16. The average Bonchev–Trinajstić information content (AvgIpc) is 2.43. The second kappa shape index (κ2) is 6.78. The number of halogens is 1. The Balaban J connectivity index is 1.94. The lowest BCUT2D eigenvalue weighted by atomic mass is 10.1. The Labute approximate surface area is 121 Å². The van der Waals surface area contributed by atoms with Crippen LogP contribution in [-0.4, -0.2) is 23.5 Å². The van der Waals surface area contributed by atoms with Crippen molar-refractivity contribution in [1.82, 2.24) is 5.32 Å². The molecular formula is C14H16INO2. The van der Waals surface area contributed by atoms with Crippen LogP contribution in [0.4, 0.5) is 0 Å². The predicted octanol–water partition coefficient (Wildman–Crippen LogP) is 2.79. The molecule has 0 bridgehead atoms. The molecule has 1 amide bonds. The Morgan fingerprint density at radius 2 is 2.17 bits per heavy atom. The van der Waals surface area contributed by atoms with Crippen molar-refractivity contribution in [3.05, 3.63) is 35.4 Å². The highest BCUT2D eigenvalue weighted by molar-refractivity contribution is 14.1. The van der Waals surface area contributed by atoms with Crippen molar-refractivity contribution in [3.8, 4) is 5.75 Å². The van der Waals surface area contributed by atoms with Crippen molar-refractivity contribution in [2.24, 2.45) is 0 Å². The van der Waals surface area contributed by atoms with Gasteiger partial charge in [0.05, 0.1) is 5.57 Å². The second-order valence-corrected chi connectivity index (χ2v) is 5.23. The molecule has 2 rings (SSSR count). The van der Waals surface area contributed by atoms with Crippen LogP contribution >= 0.6 is 22.6 Å². The quantitative estimate of drug-likeness (QED) is 0.500. The maximum Gasteiger partial charge on any atom is 0.250 e. The van der Waals surface area contributed by atoms with Crippen LogP contribution in [0.15, 0.2) is 29.8 Å². The third-order valence-corrected chi connectivity index (χ3v) is 3.53. The first-order valence-corrected chi connectivity index (χ1v) is 7.60. The van der Waals surface area contributed by atoms with Crippen LogP contribution < -0.4 is 10.1 Å². The van der Waals surface area contributed by atoms with E-state index in [0.29, 0.717) is 12.2 Å². The number of fused-ring (bicyclic) bond motifs is 1. The molecule has 1 aromatic rings. The molecule has 1 aliphatic heterocycles. The van der Waals surface area contributed by atoms with E-state index in [1.54, 1.807) is 0 Å². The van der Waals surface area contributed by atoms with Crippen LogP contribution in [-0.2, 0) is 4.79 Å². The molecular weight excluding hydrogens is 341 g/mol. The summed E-state index contributed by atoms with van der Waals surface area (Å²) in [4.78, 5) is 11.9. The van der Waals surface area contributed by atoms with Gasteiger partial charge in [0.2, 0.25) is 0 Å². The van der Waals surface area contributed by atoms with Gasteiger partial charge in [0.15, 0.2) is 0 Å². The van der Waals surface area contributed by atoms with E-state index < -0.39 is 0 Å². The summed E-state index contributed by atoms with van der Waals surface area (Å²) in [6.45, 7) is 1.09. The molecule has 0 aromatic heterocycles. The minimum Gasteiger partial charge on any atom is -0.488 e. The van der Waals surface area contributed by atoms with E-state index in [4.69, 9.17) is 4.74 Å². The number of alkyl halides is 1. The Morgan fingerprint density at radius 1 is 1.33 bits per heavy atom. The third kappa shape index (κ3) is 3.48. The first kappa shape index (κ1) is 13.4. The van der Waals surface area contributed by atoms with E-state index >= 15 is 0 Å². The van der Waals surface area contributed by atoms with Gasteiger partial charge in [0, 0.05) is 12.1 Å². The molecule has 0 aliphatic carbocycles. The SMILES string of the molecule is O=C(NCCCCI)C1=Cc2ccccc2OC1. The second-order valence-electron chi connectivity index (χ2n) is 4.15. The topological polar surface area (TPSA) is 38.3 Å². The van der Waals surface area contributed by atoms with Gasteiger partial charge in [0.1, 0.15) is 12.4 Å². The molecule has 0 saturated heterocycles. The van der Waals surface area contributed by atoms with Gasteiger partial charge in [-0.15, -0.1) is 0 Å². The molecule has 1 aliphatic rings. The van der Waals surface area contributed by atoms with Crippen LogP contribution in [0, 0.1) is 0 Å². The first-order valence-electron chi connectivity index (χ1n) is 6.08. The lowest BCUT2D eigenvalue weighted by Crippen LogP contribution is -2.29. The smallest absolute Gasteiger partial charge is 0.250 e. The van der Waals surface area contributed by atoms with Gasteiger partial charge >= 0.3 is 0 Å². The fourth-order valence-electron chi connectivity index (χ4n) is 1.78. The van der Waals surface area contributed by atoms with Gasteiger partial charge in [-0.2, -0.15) is 0 Å². The predicted molar refractivity (Wildman–Crippen MR) is 81.0 cm³/mol. The zero-order valence-electron chi connectivity index (χ0n) is 10.1. The molecule has 1 heterocycles. The van der Waals surface area contributed by atoms with Gasteiger partial charge in [0.25, 0.3) is 5.91 Å². The molecule has 4 heteroatoms. The number of hydrogen-bond acceptors (Lipinski definition) is 2. The van der Waals surface area contributed by atoms with Crippen LogP contribution in [0.2, 0.25) is 0 Å². The zero-order valence-corrected chi connectivity index (χ0v) is 12.3. The summed E-state index contributed by atoms with van der Waals surface area (Å²) in [6.07, 6.45) is 4.07. The van der Waals surface area contributed by atoms with Crippen molar-refractivity contribution < 1.29 is 9.53 Å². The molecule has 1 N–H and O–H groups in total. The molecule has 18 heavy (non-hydrogen) atoms. The van der Waals surface area contributed by atoms with Gasteiger partial charge in [-0.3, -0.25) is 4.79 Å². The Kier molecular flexibility index (Phi) is 5.04. The highest BCUT2D eigenvalue weighted by atomic mass is 127. The number of nitrogens with one attached hydrogen (secondary N) is 1. The van der Waals surface area contributed by atoms with Crippen molar-refractivity contribution in [3.63, 3.8) is 0 Å². The van der Waals surface area contributed by atoms with E-state index in [1.165, 1.54) is 0 Å². The van der Waals surface area contributed by atoms with Crippen LogP contribution in [0.3, 0.4) is 0 Å². The van der Waals surface area contributed by atoms with Crippen molar-refractivity contribution in [2.75, 3.05) is 17.6 Å². The zero-order chi connectivity index (χ0) is 12.8. The number of para-hydroxylation sites is 1. The first-order chi connectivity index (χ1) is 8.81. The Bertz CT molecular complexity index is 457. The maximum absolute atomic E-state index is 11.9. The van der Waals surface area contributed by atoms with E-state index in [2.05, 4.69) is 27.9 Å². The van der Waals surface area contributed by atoms with Crippen LogP contribution in [0.1, 0.15) is 18.4 Å². The normalized spacial score (nSPS) is 13.3. The summed E-state index contributed by atoms with van der Waals surface area (Å²) in [5, 5.41) is 2.93. The molecule has 0 saturated carbocycles. The largest absolute Gasteiger partial charge is 0.488 e. The lowest BCUT2D eigenvalue weighted by molar-refractivity contribution is -0.117. The number of ether oxygens (including phenoxy) is 1. The van der Waals surface area contributed by atoms with E-state index in [9.17, 15) is 4.79 Å². The average molecular weight is 357 g/mol. The lowest BCUT2D eigenvalue weighted by Gasteiger charge is -2.17. The summed E-state index contributed by atoms with van der Waals surface area (Å²) >= 11 is 2.34. The van der Waals surface area contributed by atoms with E-state index in [1.807, 2.05) is 30.3 Å². The number of carbonyl (C=O) groups excluding carboxylic acids is 1. The molecule has 0 radical (unpaired) electrons. The summed E-state index contributed by atoms with van der Waals surface area (Å²) in [7, 11) is 0. The standard InChI is InChI=1S/C14H16INO2/c15-7-3-4-8-16-14(17)12-9-11-5-1-2-6-13(11)18-10-12/h1-2,5-6,9H,3-4,7-8,10H2,(H,16,17). The summed E-state index contributed by atoms with van der Waals surface area (Å²) in [6, 6.07) is 7.75. The summed E-state index contributed by atoms with van der Waals surface area (Å²) in [5.74, 6) is 0.830. The minimum absolute atomic E-state index is 0.0158. The maximum atomic E-state index is 11.9. The Morgan fingerprint density at radius 3 is 3.00 bits per heavy atom. The van der Waals surface area contributed by atoms with Gasteiger partial charge in [-0.05, 0) is 29.4 Å². The Hall–Kier alpha value is -1.04. The number of rotatable bonds is 5. The summed E-state index contributed by atoms with van der Waals surface area (Å²) < 4.78 is 6.69. The van der Waals surface area contributed by atoms with E-state index in [-0.39, 0.29) is 5.91 Å². The van der Waals surface area contributed by atoms with Gasteiger partial charge in [-0.1, -0.05) is 40.8 Å². The number of unbranched alkanes of at least 4 members (excludes halogenated alkanes) is 1. The van der Waals surface area contributed by atoms with Crippen LogP contribution in [0.5, 0.6) is 5.75 Å². The molecule has 0 fully saturated rings.